The second-order valence-corrected chi connectivity index (χ2v) is 12.6. The zero-order valence-electron chi connectivity index (χ0n) is 24.0. The lowest BCUT2D eigenvalue weighted by atomic mass is 9.99. The highest BCUT2D eigenvalue weighted by molar-refractivity contribution is 7.89. The Morgan fingerprint density at radius 1 is 0.721 bits per heavy atom. The number of ketones is 1. The topological polar surface area (TPSA) is 113 Å². The molecule has 1 atom stereocenters. The van der Waals surface area contributed by atoms with E-state index in [9.17, 15) is 22.8 Å². The van der Waals surface area contributed by atoms with Crippen LogP contribution in [-0.2, 0) is 10.0 Å². The van der Waals surface area contributed by atoms with E-state index in [-0.39, 0.29) is 33.5 Å². The first-order valence-electron chi connectivity index (χ1n) is 14.2. The van der Waals surface area contributed by atoms with Crippen molar-refractivity contribution in [2.45, 2.75) is 44.0 Å². The Morgan fingerprint density at radius 2 is 1.37 bits per heavy atom. The minimum atomic E-state index is -3.67. The monoisotopic (exact) mass is 595 g/mol. The molecule has 1 fully saturated rings. The molecule has 1 saturated heterocycles. The van der Waals surface area contributed by atoms with Crippen LogP contribution >= 0.6 is 0 Å². The molecule has 2 amide bonds. The number of nitrogens with zero attached hydrogens (tertiary/aromatic N) is 1. The van der Waals surface area contributed by atoms with E-state index in [2.05, 4.69) is 10.6 Å². The van der Waals surface area contributed by atoms with E-state index >= 15 is 0 Å². The molecule has 0 aliphatic carbocycles. The average molecular weight is 596 g/mol. The van der Waals surface area contributed by atoms with Crippen molar-refractivity contribution >= 4 is 39.0 Å². The number of sulfonamides is 1. The van der Waals surface area contributed by atoms with Crippen molar-refractivity contribution < 1.29 is 22.8 Å². The van der Waals surface area contributed by atoms with Crippen molar-refractivity contribution in [2.24, 2.45) is 0 Å². The first-order chi connectivity index (χ1) is 20.6. The fraction of sp³-hybridized carbons (Fsp3) is 0.206. The minimum absolute atomic E-state index is 0.0724. The number of rotatable bonds is 8. The highest BCUT2D eigenvalue weighted by Crippen LogP contribution is 2.27. The van der Waals surface area contributed by atoms with Crippen LogP contribution in [0.25, 0.3) is 0 Å². The van der Waals surface area contributed by atoms with Gasteiger partial charge in [-0.2, -0.15) is 4.31 Å². The minimum Gasteiger partial charge on any atom is -0.321 e. The van der Waals surface area contributed by atoms with Crippen LogP contribution in [0.2, 0.25) is 0 Å². The Hall–Kier alpha value is -4.60. The maximum atomic E-state index is 13.4. The normalized spacial score (nSPS) is 15.4. The maximum absolute atomic E-state index is 13.4. The van der Waals surface area contributed by atoms with E-state index in [4.69, 9.17) is 0 Å². The molecule has 0 radical (unpaired) electrons. The zero-order valence-corrected chi connectivity index (χ0v) is 24.9. The third-order valence-electron chi connectivity index (χ3n) is 7.59. The fourth-order valence-electron chi connectivity index (χ4n) is 5.22. The summed E-state index contributed by atoms with van der Waals surface area (Å²) in [4.78, 5) is 40.0. The number of carbonyl (C=O) groups is 3. The molecular formula is C34H33N3O5S. The lowest BCUT2D eigenvalue weighted by Crippen LogP contribution is -2.41. The van der Waals surface area contributed by atoms with Crippen LogP contribution in [0.1, 0.15) is 68.4 Å². The molecule has 1 aliphatic rings. The summed E-state index contributed by atoms with van der Waals surface area (Å²) in [5, 5.41) is 5.60. The Bertz CT molecular complexity index is 1770. The first kappa shape index (κ1) is 29.9. The van der Waals surface area contributed by atoms with Gasteiger partial charge in [0.25, 0.3) is 11.8 Å². The molecule has 0 saturated carbocycles. The van der Waals surface area contributed by atoms with Gasteiger partial charge in [0.1, 0.15) is 0 Å². The number of carbonyl (C=O) groups excluding carboxylic acids is 3. The van der Waals surface area contributed by atoms with Crippen LogP contribution in [0.15, 0.2) is 102 Å². The number of anilines is 2. The molecule has 8 nitrogen and oxygen atoms in total. The van der Waals surface area contributed by atoms with E-state index in [0.29, 0.717) is 23.4 Å². The van der Waals surface area contributed by atoms with Crippen molar-refractivity contribution in [3.05, 3.63) is 125 Å². The average Bonchev–Trinajstić information content (AvgIpc) is 3.02. The van der Waals surface area contributed by atoms with Gasteiger partial charge in [0, 0.05) is 29.3 Å². The number of nitrogens with one attached hydrogen (secondary N) is 2. The van der Waals surface area contributed by atoms with Gasteiger partial charge in [0.15, 0.2) is 5.78 Å². The van der Waals surface area contributed by atoms with E-state index in [1.807, 2.05) is 19.9 Å². The van der Waals surface area contributed by atoms with E-state index < -0.39 is 21.8 Å². The number of hydrogen-bond donors (Lipinski definition) is 2. The number of benzene rings is 4. The molecule has 5 rings (SSSR count). The van der Waals surface area contributed by atoms with Crippen LogP contribution < -0.4 is 10.6 Å². The molecule has 0 bridgehead atoms. The van der Waals surface area contributed by atoms with Gasteiger partial charge in [-0.25, -0.2) is 8.42 Å². The third-order valence-corrected chi connectivity index (χ3v) is 9.62. The molecule has 4 aromatic rings. The summed E-state index contributed by atoms with van der Waals surface area (Å²) in [6.07, 6.45) is 2.65. The predicted molar refractivity (Wildman–Crippen MR) is 167 cm³/mol. The highest BCUT2D eigenvalue weighted by atomic mass is 32.2. The molecule has 43 heavy (non-hydrogen) atoms. The smallest absolute Gasteiger partial charge is 0.257 e. The number of para-hydroxylation sites is 1. The van der Waals surface area contributed by atoms with Crippen LogP contribution in [0, 0.1) is 6.92 Å². The summed E-state index contributed by atoms with van der Waals surface area (Å²) in [7, 11) is -3.67. The van der Waals surface area contributed by atoms with E-state index in [0.717, 1.165) is 24.8 Å². The molecule has 0 spiro atoms. The summed E-state index contributed by atoms with van der Waals surface area (Å²) in [6.45, 7) is 4.26. The Balaban J connectivity index is 1.34. The van der Waals surface area contributed by atoms with Crippen molar-refractivity contribution in [1.82, 2.24) is 4.31 Å². The van der Waals surface area contributed by atoms with Crippen LogP contribution in [0.4, 0.5) is 11.4 Å². The number of piperidine rings is 1. The first-order valence-corrected chi connectivity index (χ1v) is 15.6. The Kier molecular flexibility index (Phi) is 8.84. The van der Waals surface area contributed by atoms with Gasteiger partial charge in [-0.15, -0.1) is 0 Å². The molecule has 1 aliphatic heterocycles. The van der Waals surface area contributed by atoms with Gasteiger partial charge in [-0.1, -0.05) is 60.5 Å². The van der Waals surface area contributed by atoms with Crippen LogP contribution in [-0.4, -0.2) is 42.9 Å². The van der Waals surface area contributed by atoms with E-state index in [1.165, 1.54) is 28.6 Å². The molecule has 1 heterocycles. The van der Waals surface area contributed by atoms with Gasteiger partial charge >= 0.3 is 0 Å². The van der Waals surface area contributed by atoms with E-state index in [1.54, 1.807) is 66.7 Å². The molecule has 220 valence electrons. The summed E-state index contributed by atoms with van der Waals surface area (Å²) in [5.74, 6) is -1.22. The highest BCUT2D eigenvalue weighted by Gasteiger charge is 2.31. The van der Waals surface area contributed by atoms with Gasteiger partial charge in [0.05, 0.1) is 21.8 Å². The quantitative estimate of drug-likeness (QED) is 0.232. The van der Waals surface area contributed by atoms with Gasteiger partial charge in [-0.3, -0.25) is 14.4 Å². The zero-order chi connectivity index (χ0) is 30.6. The second kappa shape index (κ2) is 12.7. The summed E-state index contributed by atoms with van der Waals surface area (Å²) < 4.78 is 27.9. The SMILES string of the molecule is Cc1ccc(NC(=O)c2ccccc2NC(=O)c2ccc(S(=O)(=O)N3CCCCC3C)cc2)c(C(=O)c2ccccc2)c1. The Labute approximate surface area is 251 Å². The van der Waals surface area contributed by atoms with Crippen LogP contribution in [0.5, 0.6) is 0 Å². The number of hydrogen-bond acceptors (Lipinski definition) is 5. The fourth-order valence-corrected chi connectivity index (χ4v) is 6.92. The van der Waals surface area contributed by atoms with Gasteiger partial charge in [0.2, 0.25) is 10.0 Å². The maximum Gasteiger partial charge on any atom is 0.257 e. The molecule has 9 heteroatoms. The van der Waals surface area contributed by atoms with Crippen molar-refractivity contribution in [3.63, 3.8) is 0 Å². The van der Waals surface area contributed by atoms with Crippen molar-refractivity contribution in [3.8, 4) is 0 Å². The van der Waals surface area contributed by atoms with Crippen molar-refractivity contribution in [1.29, 1.82) is 0 Å². The van der Waals surface area contributed by atoms with Gasteiger partial charge in [-0.05, 0) is 75.2 Å². The molecular weight excluding hydrogens is 562 g/mol. The predicted octanol–water partition coefficient (Wildman–Crippen LogP) is 6.29. The molecule has 4 aromatic carbocycles. The molecule has 0 aromatic heterocycles. The standard InChI is InChI=1S/C34H33N3O5S/c1-23-15-20-31(29(22-23)32(38)25-11-4-3-5-12-25)36-34(40)28-13-6-7-14-30(28)35-33(39)26-16-18-27(19-17-26)43(41,42)37-21-9-8-10-24(37)2/h3-7,11-20,22,24H,8-10,21H2,1-2H3,(H,35,39)(H,36,40). The lowest BCUT2D eigenvalue weighted by molar-refractivity contribution is 0.102. The third kappa shape index (κ3) is 6.58. The molecule has 2 N–H and O–H groups in total. The lowest BCUT2D eigenvalue weighted by Gasteiger charge is -2.32. The number of aryl methyl sites for hydroxylation is 1. The Morgan fingerprint density at radius 3 is 2.09 bits per heavy atom. The second-order valence-electron chi connectivity index (χ2n) is 10.7. The van der Waals surface area contributed by atoms with Crippen molar-refractivity contribution in [2.75, 3.05) is 17.2 Å². The molecule has 1 unspecified atom stereocenters. The summed E-state index contributed by atoms with van der Waals surface area (Å²) in [6, 6.07) is 26.3. The summed E-state index contributed by atoms with van der Waals surface area (Å²) >= 11 is 0. The summed E-state index contributed by atoms with van der Waals surface area (Å²) in [5.41, 5.74) is 2.80. The van der Waals surface area contributed by atoms with Gasteiger partial charge < -0.3 is 10.6 Å². The number of amides is 2. The van der Waals surface area contributed by atoms with Crippen LogP contribution in [0.3, 0.4) is 0 Å². The largest absolute Gasteiger partial charge is 0.321 e.